The van der Waals surface area contributed by atoms with Gasteiger partial charge in [0.1, 0.15) is 5.69 Å². The SMILES string of the molecule is c1ccc2c(-c3nc4ccccc4[nH]3)nccc2c1. The standard InChI is InChI=1S/C16H11N3/c1-2-6-12-11(5-1)9-10-17-15(12)16-18-13-7-3-4-8-14(13)19-16/h1-10H,(H,18,19). The van der Waals surface area contributed by atoms with Gasteiger partial charge in [0.25, 0.3) is 0 Å². The Balaban J connectivity index is 2.03. The molecule has 2 aromatic carbocycles. The Morgan fingerprint density at radius 1 is 0.842 bits per heavy atom. The first-order valence-corrected chi connectivity index (χ1v) is 6.21. The molecule has 0 saturated heterocycles. The zero-order valence-electron chi connectivity index (χ0n) is 10.2. The molecule has 90 valence electrons. The van der Waals surface area contributed by atoms with Gasteiger partial charge in [-0.05, 0) is 23.6 Å². The number of imidazole rings is 1. The fourth-order valence-corrected chi connectivity index (χ4v) is 2.37. The van der Waals surface area contributed by atoms with E-state index in [1.807, 2.05) is 48.7 Å². The lowest BCUT2D eigenvalue weighted by molar-refractivity contribution is 1.26. The number of H-pyrrole nitrogens is 1. The van der Waals surface area contributed by atoms with E-state index in [0.717, 1.165) is 27.9 Å². The third-order valence-electron chi connectivity index (χ3n) is 3.29. The number of hydrogen-bond donors (Lipinski definition) is 1. The molecule has 1 N–H and O–H groups in total. The molecule has 0 unspecified atom stereocenters. The van der Waals surface area contributed by atoms with Crippen LogP contribution in [0.15, 0.2) is 60.8 Å². The summed E-state index contributed by atoms with van der Waals surface area (Å²) in [7, 11) is 0. The summed E-state index contributed by atoms with van der Waals surface area (Å²) in [5, 5.41) is 2.29. The molecule has 0 spiro atoms. The van der Waals surface area contributed by atoms with Gasteiger partial charge in [0, 0.05) is 11.6 Å². The number of pyridine rings is 1. The molecule has 0 aliphatic heterocycles. The highest BCUT2D eigenvalue weighted by molar-refractivity contribution is 5.94. The Kier molecular flexibility index (Phi) is 2.12. The Labute approximate surface area is 110 Å². The molecule has 0 radical (unpaired) electrons. The van der Waals surface area contributed by atoms with Crippen molar-refractivity contribution in [2.45, 2.75) is 0 Å². The van der Waals surface area contributed by atoms with Crippen LogP contribution in [0.4, 0.5) is 0 Å². The lowest BCUT2D eigenvalue weighted by Gasteiger charge is -2.01. The van der Waals surface area contributed by atoms with E-state index in [1.165, 1.54) is 5.39 Å². The highest BCUT2D eigenvalue weighted by atomic mass is 14.9. The first-order chi connectivity index (χ1) is 9.42. The molecule has 3 nitrogen and oxygen atoms in total. The maximum absolute atomic E-state index is 4.62. The van der Waals surface area contributed by atoms with Gasteiger partial charge in [0.15, 0.2) is 5.82 Å². The molecule has 2 aromatic heterocycles. The average Bonchev–Trinajstić information content (AvgIpc) is 2.90. The van der Waals surface area contributed by atoms with Crippen LogP contribution in [0.3, 0.4) is 0 Å². The van der Waals surface area contributed by atoms with E-state index in [4.69, 9.17) is 0 Å². The summed E-state index contributed by atoms with van der Waals surface area (Å²) in [6.45, 7) is 0. The van der Waals surface area contributed by atoms with Crippen molar-refractivity contribution in [1.82, 2.24) is 15.0 Å². The van der Waals surface area contributed by atoms with E-state index in [9.17, 15) is 0 Å². The molecule has 3 heteroatoms. The minimum atomic E-state index is 0.818. The topological polar surface area (TPSA) is 41.6 Å². The van der Waals surface area contributed by atoms with Gasteiger partial charge in [0.2, 0.25) is 0 Å². The number of nitrogens with one attached hydrogen (secondary N) is 1. The fraction of sp³-hybridized carbons (Fsp3) is 0. The summed E-state index contributed by atoms with van der Waals surface area (Å²) in [4.78, 5) is 12.4. The third-order valence-corrected chi connectivity index (χ3v) is 3.29. The highest BCUT2D eigenvalue weighted by Crippen LogP contribution is 2.25. The monoisotopic (exact) mass is 245 g/mol. The fourth-order valence-electron chi connectivity index (χ4n) is 2.37. The number of benzene rings is 2. The first-order valence-electron chi connectivity index (χ1n) is 6.21. The Bertz CT molecular complexity index is 839. The molecule has 4 aromatic rings. The number of aromatic nitrogens is 3. The summed E-state index contributed by atoms with van der Waals surface area (Å²) in [6.07, 6.45) is 1.82. The van der Waals surface area contributed by atoms with Crippen LogP contribution >= 0.6 is 0 Å². The van der Waals surface area contributed by atoms with E-state index < -0.39 is 0 Å². The molecule has 19 heavy (non-hydrogen) atoms. The van der Waals surface area contributed by atoms with E-state index >= 15 is 0 Å². The summed E-state index contributed by atoms with van der Waals surface area (Å²) in [5.74, 6) is 0.818. The summed E-state index contributed by atoms with van der Waals surface area (Å²) in [6, 6.07) is 18.2. The smallest absolute Gasteiger partial charge is 0.157 e. The van der Waals surface area contributed by atoms with Crippen LogP contribution in [0.5, 0.6) is 0 Å². The van der Waals surface area contributed by atoms with Crippen LogP contribution in [0.25, 0.3) is 33.3 Å². The predicted molar refractivity (Wildman–Crippen MR) is 76.8 cm³/mol. The first kappa shape index (κ1) is 10.3. The van der Waals surface area contributed by atoms with Crippen LogP contribution in [0.1, 0.15) is 0 Å². The van der Waals surface area contributed by atoms with E-state index in [0.29, 0.717) is 0 Å². The van der Waals surface area contributed by atoms with Crippen molar-refractivity contribution < 1.29 is 0 Å². The number of aromatic amines is 1. The zero-order valence-corrected chi connectivity index (χ0v) is 10.2. The van der Waals surface area contributed by atoms with Gasteiger partial charge in [-0.15, -0.1) is 0 Å². The molecule has 0 amide bonds. The molecule has 0 aliphatic rings. The maximum Gasteiger partial charge on any atom is 0.157 e. The molecule has 0 fully saturated rings. The van der Waals surface area contributed by atoms with Crippen molar-refractivity contribution in [2.24, 2.45) is 0 Å². The minimum absolute atomic E-state index is 0.818. The second-order valence-corrected chi connectivity index (χ2v) is 4.48. The van der Waals surface area contributed by atoms with Crippen LogP contribution in [0.2, 0.25) is 0 Å². The molecule has 0 bridgehead atoms. The van der Waals surface area contributed by atoms with Crippen molar-refractivity contribution in [3.63, 3.8) is 0 Å². The van der Waals surface area contributed by atoms with Crippen molar-refractivity contribution in [3.8, 4) is 11.5 Å². The molecule has 4 rings (SSSR count). The summed E-state index contributed by atoms with van der Waals surface area (Å²) in [5.41, 5.74) is 2.90. The van der Waals surface area contributed by atoms with Crippen molar-refractivity contribution in [1.29, 1.82) is 0 Å². The second kappa shape index (κ2) is 3.92. The van der Waals surface area contributed by atoms with E-state index in [1.54, 1.807) is 0 Å². The molecule has 0 saturated carbocycles. The molecular formula is C16H11N3. The van der Waals surface area contributed by atoms with E-state index in [-0.39, 0.29) is 0 Å². The Morgan fingerprint density at radius 2 is 1.68 bits per heavy atom. The normalized spacial score (nSPS) is 11.2. The minimum Gasteiger partial charge on any atom is -0.337 e. The third kappa shape index (κ3) is 1.59. The quantitative estimate of drug-likeness (QED) is 0.554. The summed E-state index contributed by atoms with van der Waals surface area (Å²) >= 11 is 0. The molecule has 0 aliphatic carbocycles. The Morgan fingerprint density at radius 3 is 2.63 bits per heavy atom. The number of fused-ring (bicyclic) bond motifs is 2. The second-order valence-electron chi connectivity index (χ2n) is 4.48. The highest BCUT2D eigenvalue weighted by Gasteiger charge is 2.09. The molecule has 0 atom stereocenters. The number of hydrogen-bond acceptors (Lipinski definition) is 2. The summed E-state index contributed by atoms with van der Waals surface area (Å²) < 4.78 is 0. The van der Waals surface area contributed by atoms with Gasteiger partial charge in [-0.2, -0.15) is 0 Å². The largest absolute Gasteiger partial charge is 0.337 e. The van der Waals surface area contributed by atoms with Gasteiger partial charge >= 0.3 is 0 Å². The van der Waals surface area contributed by atoms with Crippen LogP contribution in [0, 0.1) is 0 Å². The Hall–Kier alpha value is -2.68. The lowest BCUT2D eigenvalue weighted by Crippen LogP contribution is -1.87. The van der Waals surface area contributed by atoms with Crippen LogP contribution < -0.4 is 0 Å². The van der Waals surface area contributed by atoms with Crippen LogP contribution in [-0.4, -0.2) is 15.0 Å². The number of para-hydroxylation sites is 2. The van der Waals surface area contributed by atoms with E-state index in [2.05, 4.69) is 27.1 Å². The molecule has 2 heterocycles. The van der Waals surface area contributed by atoms with Gasteiger partial charge in [0.05, 0.1) is 11.0 Å². The van der Waals surface area contributed by atoms with Crippen molar-refractivity contribution in [2.75, 3.05) is 0 Å². The zero-order chi connectivity index (χ0) is 12.7. The molecular weight excluding hydrogens is 234 g/mol. The van der Waals surface area contributed by atoms with Crippen molar-refractivity contribution >= 4 is 21.8 Å². The maximum atomic E-state index is 4.62. The van der Waals surface area contributed by atoms with Crippen molar-refractivity contribution in [3.05, 3.63) is 60.8 Å². The van der Waals surface area contributed by atoms with Crippen LogP contribution in [-0.2, 0) is 0 Å². The number of rotatable bonds is 1. The van der Waals surface area contributed by atoms with Gasteiger partial charge in [-0.1, -0.05) is 36.4 Å². The van der Waals surface area contributed by atoms with Gasteiger partial charge < -0.3 is 4.98 Å². The average molecular weight is 245 g/mol. The van der Waals surface area contributed by atoms with Gasteiger partial charge in [-0.3, -0.25) is 4.98 Å². The predicted octanol–water partition coefficient (Wildman–Crippen LogP) is 3.78. The van der Waals surface area contributed by atoms with Gasteiger partial charge in [-0.25, -0.2) is 4.98 Å². The number of nitrogens with zero attached hydrogens (tertiary/aromatic N) is 2. The lowest BCUT2D eigenvalue weighted by atomic mass is 10.1.